The second kappa shape index (κ2) is 9.32. The lowest BCUT2D eigenvalue weighted by atomic mass is 10.1. The third-order valence-corrected chi connectivity index (χ3v) is 4.02. The molecule has 0 saturated heterocycles. The van der Waals surface area contributed by atoms with Gasteiger partial charge < -0.3 is 20.3 Å². The van der Waals surface area contributed by atoms with Gasteiger partial charge in [-0.3, -0.25) is 4.79 Å². The van der Waals surface area contributed by atoms with E-state index in [9.17, 15) is 4.79 Å². The van der Waals surface area contributed by atoms with Crippen LogP contribution in [-0.4, -0.2) is 68.7 Å². The highest BCUT2D eigenvalue weighted by Crippen LogP contribution is 2.24. The van der Waals surface area contributed by atoms with Crippen molar-refractivity contribution >= 4 is 5.91 Å². The van der Waals surface area contributed by atoms with Gasteiger partial charge in [0.2, 0.25) is 5.91 Å². The molecular weight excluding hydrogens is 254 g/mol. The number of likely N-dealkylation sites (N-methyl/N-ethyl adjacent to an activating group) is 1. The van der Waals surface area contributed by atoms with Crippen LogP contribution in [0.1, 0.15) is 38.5 Å². The third-order valence-electron chi connectivity index (χ3n) is 4.02. The molecule has 1 amide bonds. The van der Waals surface area contributed by atoms with Gasteiger partial charge in [0.15, 0.2) is 0 Å². The van der Waals surface area contributed by atoms with Gasteiger partial charge in [0, 0.05) is 32.8 Å². The fraction of sp³-hybridized carbons (Fsp3) is 0.933. The van der Waals surface area contributed by atoms with E-state index in [1.807, 2.05) is 19.0 Å². The summed E-state index contributed by atoms with van der Waals surface area (Å²) in [7, 11) is 5.75. The number of rotatable bonds is 9. The number of ether oxygens (including phenoxy) is 1. The predicted molar refractivity (Wildman–Crippen MR) is 81.6 cm³/mol. The van der Waals surface area contributed by atoms with Gasteiger partial charge in [-0.2, -0.15) is 0 Å². The first-order chi connectivity index (χ1) is 9.56. The van der Waals surface area contributed by atoms with E-state index in [4.69, 9.17) is 10.5 Å². The lowest BCUT2D eigenvalue weighted by Crippen LogP contribution is -2.50. The summed E-state index contributed by atoms with van der Waals surface area (Å²) in [5, 5.41) is 0. The SMILES string of the molecule is COCCCC(N)C(=O)N(CCN(C)C)C1CCCC1. The summed E-state index contributed by atoms with van der Waals surface area (Å²) in [6.07, 6.45) is 6.27. The molecule has 1 rings (SSSR count). The van der Waals surface area contributed by atoms with Crippen molar-refractivity contribution in [1.29, 1.82) is 0 Å². The largest absolute Gasteiger partial charge is 0.385 e. The number of carbonyl (C=O) groups is 1. The normalized spacial score (nSPS) is 17.6. The first-order valence-electron chi connectivity index (χ1n) is 7.76. The Morgan fingerprint density at radius 3 is 2.50 bits per heavy atom. The molecule has 1 saturated carbocycles. The quantitative estimate of drug-likeness (QED) is 0.644. The maximum atomic E-state index is 12.6. The van der Waals surface area contributed by atoms with Crippen molar-refractivity contribution in [2.24, 2.45) is 5.73 Å². The number of methoxy groups -OCH3 is 1. The minimum atomic E-state index is -0.382. The van der Waals surface area contributed by atoms with Crippen LogP contribution in [0.25, 0.3) is 0 Å². The third kappa shape index (κ3) is 5.77. The topological polar surface area (TPSA) is 58.8 Å². The highest BCUT2D eigenvalue weighted by Gasteiger charge is 2.29. The van der Waals surface area contributed by atoms with E-state index in [0.29, 0.717) is 19.1 Å². The minimum absolute atomic E-state index is 0.120. The van der Waals surface area contributed by atoms with Crippen LogP contribution in [0.15, 0.2) is 0 Å². The van der Waals surface area contributed by atoms with Crippen molar-refractivity contribution in [1.82, 2.24) is 9.80 Å². The molecule has 0 spiro atoms. The van der Waals surface area contributed by atoms with Crippen LogP contribution in [0.4, 0.5) is 0 Å². The molecule has 1 aliphatic rings. The molecule has 118 valence electrons. The number of nitrogens with two attached hydrogens (primary N) is 1. The molecule has 0 radical (unpaired) electrons. The Labute approximate surface area is 123 Å². The molecule has 0 aromatic carbocycles. The molecule has 0 aromatic rings. The maximum Gasteiger partial charge on any atom is 0.239 e. The highest BCUT2D eigenvalue weighted by molar-refractivity contribution is 5.82. The van der Waals surface area contributed by atoms with Crippen molar-refractivity contribution in [3.8, 4) is 0 Å². The summed E-state index contributed by atoms with van der Waals surface area (Å²) < 4.78 is 5.02. The summed E-state index contributed by atoms with van der Waals surface area (Å²) in [5.74, 6) is 0.120. The zero-order valence-electron chi connectivity index (χ0n) is 13.3. The Bertz CT molecular complexity index is 278. The van der Waals surface area contributed by atoms with E-state index in [2.05, 4.69) is 4.90 Å². The van der Waals surface area contributed by atoms with Crippen LogP contribution >= 0.6 is 0 Å². The molecule has 0 bridgehead atoms. The lowest BCUT2D eigenvalue weighted by Gasteiger charge is -2.32. The molecule has 5 heteroatoms. The average Bonchev–Trinajstić information content (AvgIpc) is 2.92. The monoisotopic (exact) mass is 285 g/mol. The van der Waals surface area contributed by atoms with Crippen molar-refractivity contribution < 1.29 is 9.53 Å². The molecule has 0 heterocycles. The Balaban J connectivity index is 2.53. The molecule has 1 atom stereocenters. The molecule has 1 fully saturated rings. The van der Waals surface area contributed by atoms with Gasteiger partial charge in [0.05, 0.1) is 6.04 Å². The van der Waals surface area contributed by atoms with Gasteiger partial charge in [0.1, 0.15) is 0 Å². The van der Waals surface area contributed by atoms with Crippen molar-refractivity contribution in [2.45, 2.75) is 50.6 Å². The van der Waals surface area contributed by atoms with E-state index in [1.54, 1.807) is 7.11 Å². The predicted octanol–water partition coefficient (Wildman–Crippen LogP) is 1.07. The van der Waals surface area contributed by atoms with Gasteiger partial charge in [0.25, 0.3) is 0 Å². The summed E-state index contributed by atoms with van der Waals surface area (Å²) in [6.45, 7) is 2.35. The van der Waals surface area contributed by atoms with Crippen molar-refractivity contribution in [3.05, 3.63) is 0 Å². The van der Waals surface area contributed by atoms with E-state index in [1.165, 1.54) is 12.8 Å². The van der Waals surface area contributed by atoms with Gasteiger partial charge in [-0.05, 0) is 39.8 Å². The van der Waals surface area contributed by atoms with Crippen LogP contribution in [0.5, 0.6) is 0 Å². The van der Waals surface area contributed by atoms with Crippen LogP contribution < -0.4 is 5.73 Å². The zero-order valence-corrected chi connectivity index (χ0v) is 13.3. The summed E-state index contributed by atoms with van der Waals surface area (Å²) in [6, 6.07) is 0.0174. The van der Waals surface area contributed by atoms with Crippen LogP contribution in [0, 0.1) is 0 Å². The Hall–Kier alpha value is -0.650. The minimum Gasteiger partial charge on any atom is -0.385 e. The number of carbonyl (C=O) groups excluding carboxylic acids is 1. The van der Waals surface area contributed by atoms with Gasteiger partial charge in [-0.25, -0.2) is 0 Å². The average molecular weight is 285 g/mol. The number of hydrogen-bond acceptors (Lipinski definition) is 4. The molecule has 1 unspecified atom stereocenters. The van der Waals surface area contributed by atoms with Gasteiger partial charge >= 0.3 is 0 Å². The second-order valence-electron chi connectivity index (χ2n) is 6.01. The van der Waals surface area contributed by atoms with E-state index in [0.717, 1.165) is 32.4 Å². The van der Waals surface area contributed by atoms with E-state index in [-0.39, 0.29) is 11.9 Å². The molecule has 5 nitrogen and oxygen atoms in total. The summed E-state index contributed by atoms with van der Waals surface area (Å²) in [4.78, 5) is 16.7. The molecule has 20 heavy (non-hydrogen) atoms. The first kappa shape index (κ1) is 17.4. The lowest BCUT2D eigenvalue weighted by molar-refractivity contribution is -0.135. The smallest absolute Gasteiger partial charge is 0.239 e. The van der Waals surface area contributed by atoms with Gasteiger partial charge in [-0.15, -0.1) is 0 Å². The fourth-order valence-electron chi connectivity index (χ4n) is 2.78. The van der Waals surface area contributed by atoms with E-state index >= 15 is 0 Å². The second-order valence-corrected chi connectivity index (χ2v) is 6.01. The Morgan fingerprint density at radius 2 is 1.95 bits per heavy atom. The number of hydrogen-bond donors (Lipinski definition) is 1. The van der Waals surface area contributed by atoms with Crippen molar-refractivity contribution in [2.75, 3.05) is 40.9 Å². The van der Waals surface area contributed by atoms with Crippen LogP contribution in [0.3, 0.4) is 0 Å². The first-order valence-corrected chi connectivity index (χ1v) is 7.76. The molecule has 0 aromatic heterocycles. The van der Waals surface area contributed by atoms with Crippen LogP contribution in [0.2, 0.25) is 0 Å². The highest BCUT2D eigenvalue weighted by atomic mass is 16.5. The van der Waals surface area contributed by atoms with Crippen molar-refractivity contribution in [3.63, 3.8) is 0 Å². The summed E-state index contributed by atoms with van der Waals surface area (Å²) in [5.41, 5.74) is 6.07. The molecule has 0 aliphatic heterocycles. The van der Waals surface area contributed by atoms with E-state index < -0.39 is 0 Å². The molecule has 2 N–H and O–H groups in total. The van der Waals surface area contributed by atoms with Gasteiger partial charge in [-0.1, -0.05) is 12.8 Å². The fourth-order valence-corrected chi connectivity index (χ4v) is 2.78. The molecule has 1 aliphatic carbocycles. The van der Waals surface area contributed by atoms with Crippen LogP contribution in [-0.2, 0) is 9.53 Å². The Morgan fingerprint density at radius 1 is 1.30 bits per heavy atom. The maximum absolute atomic E-state index is 12.6. The number of amides is 1. The standard InChI is InChI=1S/C15H31N3O2/c1-17(2)10-11-18(13-7-4-5-8-13)15(19)14(16)9-6-12-20-3/h13-14H,4-12,16H2,1-3H3. The summed E-state index contributed by atoms with van der Waals surface area (Å²) >= 11 is 0. The Kier molecular flexibility index (Phi) is 8.11. The molecular formula is C15H31N3O2. The zero-order chi connectivity index (χ0) is 15.0. The number of nitrogens with zero attached hydrogens (tertiary/aromatic N) is 2.